The van der Waals surface area contributed by atoms with Crippen LogP contribution in [-0.4, -0.2) is 27.5 Å². The van der Waals surface area contributed by atoms with Gasteiger partial charge in [0.05, 0.1) is 12.0 Å². The number of nitrogens with zero attached hydrogens (tertiary/aromatic N) is 3. The maximum Gasteiger partial charge on any atom is 0.246 e. The quantitative estimate of drug-likeness (QED) is 0.863. The Kier molecular flexibility index (Phi) is 2.80. The van der Waals surface area contributed by atoms with E-state index in [1.807, 2.05) is 18.2 Å². The van der Waals surface area contributed by atoms with E-state index in [9.17, 15) is 4.79 Å². The molecular weight excluding hydrogens is 266 g/mol. The highest BCUT2D eigenvalue weighted by molar-refractivity contribution is 5.77. The first-order valence-corrected chi connectivity index (χ1v) is 7.44. The number of hydrogen-bond donors (Lipinski definition) is 0. The minimum atomic E-state index is -0.0714. The van der Waals surface area contributed by atoms with Crippen LogP contribution in [0.5, 0.6) is 0 Å². The topological polar surface area (TPSA) is 59.2 Å². The van der Waals surface area contributed by atoms with Gasteiger partial charge < -0.3 is 9.42 Å². The molecule has 1 amide bonds. The van der Waals surface area contributed by atoms with Crippen molar-refractivity contribution in [2.75, 3.05) is 6.54 Å². The van der Waals surface area contributed by atoms with Crippen molar-refractivity contribution in [1.82, 2.24) is 15.0 Å². The molecule has 0 bridgehead atoms. The van der Waals surface area contributed by atoms with Crippen LogP contribution in [0.15, 0.2) is 34.9 Å². The first-order valence-electron chi connectivity index (χ1n) is 7.44. The van der Waals surface area contributed by atoms with E-state index in [-0.39, 0.29) is 11.3 Å². The second-order valence-electron chi connectivity index (χ2n) is 5.88. The average Bonchev–Trinajstić information content (AvgIpc) is 3.03. The van der Waals surface area contributed by atoms with Crippen molar-refractivity contribution >= 4 is 5.91 Å². The van der Waals surface area contributed by atoms with Crippen LogP contribution in [0.2, 0.25) is 0 Å². The third-order valence-corrected chi connectivity index (χ3v) is 4.47. The van der Waals surface area contributed by atoms with Gasteiger partial charge in [0, 0.05) is 13.0 Å². The lowest BCUT2D eigenvalue weighted by Crippen LogP contribution is -2.24. The zero-order valence-corrected chi connectivity index (χ0v) is 11.8. The van der Waals surface area contributed by atoms with E-state index in [0.717, 1.165) is 31.6 Å². The fraction of sp³-hybridized carbons (Fsp3) is 0.438. The van der Waals surface area contributed by atoms with Gasteiger partial charge in [-0.1, -0.05) is 35.5 Å². The summed E-state index contributed by atoms with van der Waals surface area (Å²) in [4.78, 5) is 18.0. The molecule has 1 aliphatic carbocycles. The fourth-order valence-corrected chi connectivity index (χ4v) is 3.07. The van der Waals surface area contributed by atoms with Crippen LogP contribution in [0.25, 0.3) is 0 Å². The first kappa shape index (κ1) is 12.6. The van der Waals surface area contributed by atoms with Gasteiger partial charge in [0.2, 0.25) is 11.8 Å². The van der Waals surface area contributed by atoms with E-state index in [2.05, 4.69) is 22.3 Å². The van der Waals surface area contributed by atoms with Crippen LogP contribution in [0.4, 0.5) is 0 Å². The van der Waals surface area contributed by atoms with Gasteiger partial charge in [-0.05, 0) is 24.8 Å². The molecule has 0 radical (unpaired) electrons. The van der Waals surface area contributed by atoms with Gasteiger partial charge in [-0.25, -0.2) is 0 Å². The normalized spacial score (nSPS) is 20.0. The number of carbonyl (C=O) groups excluding carboxylic acids is 1. The number of benzene rings is 1. The SMILES string of the molecule is O=C1CCCN1Cc1nc(C2(c3ccccc3)CC2)no1. The maximum absolute atomic E-state index is 11.7. The molecule has 1 aliphatic heterocycles. The molecule has 1 saturated carbocycles. The fourth-order valence-electron chi connectivity index (χ4n) is 3.07. The van der Waals surface area contributed by atoms with Crippen molar-refractivity contribution in [1.29, 1.82) is 0 Å². The summed E-state index contributed by atoms with van der Waals surface area (Å²) in [5.41, 5.74) is 1.17. The summed E-state index contributed by atoms with van der Waals surface area (Å²) in [6.45, 7) is 1.23. The number of likely N-dealkylation sites (tertiary alicyclic amines) is 1. The Morgan fingerprint density at radius 1 is 1.24 bits per heavy atom. The molecule has 1 aromatic heterocycles. The average molecular weight is 283 g/mol. The van der Waals surface area contributed by atoms with Gasteiger partial charge in [0.15, 0.2) is 5.82 Å². The molecule has 1 saturated heterocycles. The summed E-state index contributed by atoms with van der Waals surface area (Å²) < 4.78 is 5.37. The molecule has 0 spiro atoms. The van der Waals surface area contributed by atoms with Crippen molar-refractivity contribution in [3.63, 3.8) is 0 Å². The van der Waals surface area contributed by atoms with Gasteiger partial charge in [-0.2, -0.15) is 4.98 Å². The standard InChI is InChI=1S/C16H17N3O2/c20-14-7-4-10-19(14)11-13-17-15(18-21-13)16(8-9-16)12-5-2-1-3-6-12/h1-3,5-6H,4,7-11H2. The van der Waals surface area contributed by atoms with Crippen LogP contribution >= 0.6 is 0 Å². The highest BCUT2D eigenvalue weighted by atomic mass is 16.5. The van der Waals surface area contributed by atoms with Crippen molar-refractivity contribution < 1.29 is 9.32 Å². The minimum Gasteiger partial charge on any atom is -0.337 e. The maximum atomic E-state index is 11.7. The van der Waals surface area contributed by atoms with Gasteiger partial charge in [0.1, 0.15) is 0 Å². The molecule has 2 fully saturated rings. The number of rotatable bonds is 4. The molecule has 108 valence electrons. The van der Waals surface area contributed by atoms with Crippen molar-refractivity contribution in [2.24, 2.45) is 0 Å². The Labute approximate surface area is 123 Å². The Hall–Kier alpha value is -2.17. The van der Waals surface area contributed by atoms with Gasteiger partial charge >= 0.3 is 0 Å². The lowest BCUT2D eigenvalue weighted by Gasteiger charge is -2.12. The summed E-state index contributed by atoms with van der Waals surface area (Å²) in [6, 6.07) is 10.3. The lowest BCUT2D eigenvalue weighted by atomic mass is 9.95. The molecular formula is C16H17N3O2. The second-order valence-corrected chi connectivity index (χ2v) is 5.88. The van der Waals surface area contributed by atoms with Crippen LogP contribution in [-0.2, 0) is 16.8 Å². The number of carbonyl (C=O) groups is 1. The third-order valence-electron chi connectivity index (χ3n) is 4.47. The molecule has 2 aromatic rings. The smallest absolute Gasteiger partial charge is 0.246 e. The molecule has 21 heavy (non-hydrogen) atoms. The zero-order chi connectivity index (χ0) is 14.3. The molecule has 0 N–H and O–H groups in total. The molecule has 5 nitrogen and oxygen atoms in total. The van der Waals surface area contributed by atoms with E-state index in [4.69, 9.17) is 4.52 Å². The molecule has 5 heteroatoms. The number of aromatic nitrogens is 2. The third kappa shape index (κ3) is 2.13. The summed E-state index contributed by atoms with van der Waals surface area (Å²) in [5.74, 6) is 1.48. The lowest BCUT2D eigenvalue weighted by molar-refractivity contribution is -0.128. The zero-order valence-electron chi connectivity index (χ0n) is 11.8. The molecule has 0 atom stereocenters. The highest BCUT2D eigenvalue weighted by Gasteiger charge is 2.49. The van der Waals surface area contributed by atoms with Gasteiger partial charge in [-0.15, -0.1) is 0 Å². The largest absolute Gasteiger partial charge is 0.337 e. The molecule has 1 aromatic carbocycles. The van der Waals surface area contributed by atoms with Crippen LogP contribution < -0.4 is 0 Å². The molecule has 2 heterocycles. The molecule has 4 rings (SSSR count). The summed E-state index contributed by atoms with van der Waals surface area (Å²) in [5, 5.41) is 4.17. The Bertz CT molecular complexity index is 661. The second kappa shape index (κ2) is 4.69. The predicted octanol–water partition coefficient (Wildman–Crippen LogP) is 2.27. The van der Waals surface area contributed by atoms with E-state index in [0.29, 0.717) is 18.9 Å². The Morgan fingerprint density at radius 2 is 2.05 bits per heavy atom. The van der Waals surface area contributed by atoms with Crippen LogP contribution in [0.3, 0.4) is 0 Å². The molecule has 0 unspecified atom stereocenters. The van der Waals surface area contributed by atoms with Crippen molar-refractivity contribution in [3.05, 3.63) is 47.6 Å². The van der Waals surface area contributed by atoms with Crippen molar-refractivity contribution in [2.45, 2.75) is 37.6 Å². The predicted molar refractivity (Wildman–Crippen MR) is 75.4 cm³/mol. The van der Waals surface area contributed by atoms with Crippen LogP contribution in [0, 0.1) is 0 Å². The van der Waals surface area contributed by atoms with E-state index in [1.165, 1.54) is 5.56 Å². The van der Waals surface area contributed by atoms with Gasteiger partial charge in [-0.3, -0.25) is 4.79 Å². The minimum absolute atomic E-state index is 0.0714. The van der Waals surface area contributed by atoms with E-state index >= 15 is 0 Å². The number of amides is 1. The molecule has 2 aliphatic rings. The monoisotopic (exact) mass is 283 g/mol. The Balaban J connectivity index is 1.56. The van der Waals surface area contributed by atoms with Crippen molar-refractivity contribution in [3.8, 4) is 0 Å². The highest BCUT2D eigenvalue weighted by Crippen LogP contribution is 2.52. The summed E-state index contributed by atoms with van der Waals surface area (Å²) in [6.07, 6.45) is 3.67. The van der Waals surface area contributed by atoms with Gasteiger partial charge in [0.25, 0.3) is 0 Å². The first-order chi connectivity index (χ1) is 10.3. The van der Waals surface area contributed by atoms with Crippen LogP contribution in [0.1, 0.15) is 43.0 Å². The van der Waals surface area contributed by atoms with E-state index in [1.54, 1.807) is 4.90 Å². The summed E-state index contributed by atoms with van der Waals surface area (Å²) in [7, 11) is 0. The van der Waals surface area contributed by atoms with E-state index < -0.39 is 0 Å². The number of hydrogen-bond acceptors (Lipinski definition) is 4. The summed E-state index contributed by atoms with van der Waals surface area (Å²) >= 11 is 0. The Morgan fingerprint density at radius 3 is 2.71 bits per heavy atom.